The van der Waals surface area contributed by atoms with Crippen molar-refractivity contribution >= 4 is 62.5 Å². The van der Waals surface area contributed by atoms with Gasteiger partial charge >= 0.3 is 0 Å². The van der Waals surface area contributed by atoms with E-state index in [0.29, 0.717) is 26.5 Å². The van der Waals surface area contributed by atoms with Gasteiger partial charge in [-0.05, 0) is 57.9 Å². The maximum Gasteiger partial charge on any atom is 0.271 e. The Kier molecular flexibility index (Phi) is 8.56. The van der Waals surface area contributed by atoms with Crippen LogP contribution in [0.2, 0.25) is 5.02 Å². The molecule has 2 amide bonds. The van der Waals surface area contributed by atoms with Crippen LogP contribution < -0.4 is 15.4 Å². The number of para-hydroxylation sites is 1. The molecule has 0 radical (unpaired) electrons. The van der Waals surface area contributed by atoms with Crippen LogP contribution in [0.15, 0.2) is 76.8 Å². The predicted molar refractivity (Wildman–Crippen MR) is 135 cm³/mol. The molecule has 11 heteroatoms. The fourth-order valence-corrected chi connectivity index (χ4v) is 3.52. The van der Waals surface area contributed by atoms with Crippen molar-refractivity contribution in [3.05, 3.63) is 97.5 Å². The first kappa shape index (κ1) is 25.4. The van der Waals surface area contributed by atoms with E-state index in [4.69, 9.17) is 16.3 Å². The maximum atomic E-state index is 12.5. The van der Waals surface area contributed by atoms with E-state index in [1.807, 2.05) is 6.07 Å². The largest absolute Gasteiger partial charge is 0.483 e. The number of amides is 2. The second-order valence-corrected chi connectivity index (χ2v) is 8.20. The van der Waals surface area contributed by atoms with E-state index in [0.717, 1.165) is 0 Å². The van der Waals surface area contributed by atoms with E-state index in [1.54, 1.807) is 42.5 Å². The standard InChI is InChI=1S/C24H16BrClN4O5/c25-19-11-15(8-9-22(19)35-14-23(31)29-21-7-2-1-6-20(21)26)10-16(13-27)24(32)28-17-4-3-5-18(12-17)30(33)34/h1-12H,14H2,(H,28,32)(H,29,31)/b16-10-. The van der Waals surface area contributed by atoms with Gasteiger partial charge in [-0.25, -0.2) is 0 Å². The van der Waals surface area contributed by atoms with E-state index < -0.39 is 16.7 Å². The maximum absolute atomic E-state index is 12.5. The first-order valence-electron chi connectivity index (χ1n) is 9.91. The number of hydrogen-bond donors (Lipinski definition) is 2. The van der Waals surface area contributed by atoms with Crippen LogP contribution in [-0.4, -0.2) is 23.3 Å². The van der Waals surface area contributed by atoms with Gasteiger partial charge in [0, 0.05) is 17.8 Å². The molecule has 0 aliphatic rings. The fourth-order valence-electron chi connectivity index (χ4n) is 2.83. The lowest BCUT2D eigenvalue weighted by atomic mass is 10.1. The molecule has 0 aliphatic carbocycles. The zero-order valence-corrected chi connectivity index (χ0v) is 20.2. The number of non-ortho nitro benzene ring substituents is 1. The Balaban J connectivity index is 1.65. The molecule has 0 bridgehead atoms. The molecule has 0 heterocycles. The molecule has 2 N–H and O–H groups in total. The highest BCUT2D eigenvalue weighted by atomic mass is 79.9. The average molecular weight is 556 g/mol. The second kappa shape index (κ2) is 11.8. The normalized spacial score (nSPS) is 10.7. The molecule has 0 atom stereocenters. The number of nitrogens with zero attached hydrogens (tertiary/aromatic N) is 2. The summed E-state index contributed by atoms with van der Waals surface area (Å²) in [6.07, 6.45) is 1.35. The van der Waals surface area contributed by atoms with Crippen molar-refractivity contribution in [3.63, 3.8) is 0 Å². The number of nitriles is 1. The summed E-state index contributed by atoms with van der Waals surface area (Å²) in [6, 6.07) is 18.8. The van der Waals surface area contributed by atoms with Crippen LogP contribution in [0.1, 0.15) is 5.56 Å². The molecule has 0 saturated carbocycles. The molecule has 0 spiro atoms. The molecule has 3 aromatic carbocycles. The number of carbonyl (C=O) groups is 2. The molecule has 35 heavy (non-hydrogen) atoms. The lowest BCUT2D eigenvalue weighted by Crippen LogP contribution is -2.20. The van der Waals surface area contributed by atoms with Crippen molar-refractivity contribution in [2.24, 2.45) is 0 Å². The summed E-state index contributed by atoms with van der Waals surface area (Å²) in [5, 5.41) is 25.8. The minimum Gasteiger partial charge on any atom is -0.483 e. The predicted octanol–water partition coefficient (Wildman–Crippen LogP) is 5.57. The highest BCUT2D eigenvalue weighted by Gasteiger charge is 2.13. The summed E-state index contributed by atoms with van der Waals surface area (Å²) in [6.45, 7) is -0.270. The van der Waals surface area contributed by atoms with E-state index in [1.165, 1.54) is 30.3 Å². The zero-order chi connectivity index (χ0) is 25.4. The Morgan fingerprint density at radius 1 is 1.11 bits per heavy atom. The SMILES string of the molecule is N#C/C(=C/c1ccc(OCC(=O)Nc2ccccc2Cl)c(Br)c1)C(=O)Nc1cccc([N+](=O)[O-])c1. The van der Waals surface area contributed by atoms with Crippen LogP contribution in [0.25, 0.3) is 6.08 Å². The highest BCUT2D eigenvalue weighted by Crippen LogP contribution is 2.27. The third-order valence-electron chi connectivity index (χ3n) is 4.45. The number of anilines is 2. The third kappa shape index (κ3) is 7.14. The van der Waals surface area contributed by atoms with Gasteiger partial charge in [0.2, 0.25) is 0 Å². The monoisotopic (exact) mass is 554 g/mol. The van der Waals surface area contributed by atoms with Crippen LogP contribution in [0.4, 0.5) is 17.1 Å². The lowest BCUT2D eigenvalue weighted by molar-refractivity contribution is -0.384. The quantitative estimate of drug-likeness (QED) is 0.161. The van der Waals surface area contributed by atoms with E-state index in [9.17, 15) is 25.0 Å². The van der Waals surface area contributed by atoms with Gasteiger partial charge in [0.15, 0.2) is 6.61 Å². The van der Waals surface area contributed by atoms with Gasteiger partial charge in [-0.15, -0.1) is 0 Å². The van der Waals surface area contributed by atoms with E-state index >= 15 is 0 Å². The molecule has 176 valence electrons. The Hall–Kier alpha value is -4.20. The summed E-state index contributed by atoms with van der Waals surface area (Å²) in [5.74, 6) is -0.754. The van der Waals surface area contributed by atoms with Crippen molar-refractivity contribution < 1.29 is 19.2 Å². The number of nitro groups is 1. The minimum atomic E-state index is -0.722. The number of carbonyl (C=O) groups excluding carboxylic acids is 2. The molecule has 3 aromatic rings. The van der Waals surface area contributed by atoms with Crippen LogP contribution in [0, 0.1) is 21.4 Å². The van der Waals surface area contributed by atoms with Gasteiger partial charge in [-0.1, -0.05) is 35.9 Å². The van der Waals surface area contributed by atoms with Gasteiger partial charge in [0.25, 0.3) is 17.5 Å². The number of rotatable bonds is 8. The number of nitrogens with one attached hydrogen (secondary N) is 2. The Bertz CT molecular complexity index is 1370. The molecule has 0 unspecified atom stereocenters. The van der Waals surface area contributed by atoms with Gasteiger partial charge < -0.3 is 15.4 Å². The van der Waals surface area contributed by atoms with E-state index in [-0.39, 0.29) is 23.6 Å². The molecular formula is C24H16BrClN4O5. The Labute approximate surface area is 213 Å². The van der Waals surface area contributed by atoms with E-state index in [2.05, 4.69) is 26.6 Å². The number of nitro benzene ring substituents is 1. The van der Waals surface area contributed by atoms with Crippen molar-refractivity contribution in [1.82, 2.24) is 0 Å². The number of halogens is 2. The summed E-state index contributed by atoms with van der Waals surface area (Å²) in [4.78, 5) is 34.9. The molecule has 9 nitrogen and oxygen atoms in total. The Morgan fingerprint density at radius 2 is 1.89 bits per heavy atom. The zero-order valence-electron chi connectivity index (χ0n) is 17.8. The van der Waals surface area contributed by atoms with Gasteiger partial charge in [0.05, 0.1) is 20.1 Å². The highest BCUT2D eigenvalue weighted by molar-refractivity contribution is 9.10. The van der Waals surface area contributed by atoms with Crippen LogP contribution in [0.5, 0.6) is 5.75 Å². The van der Waals surface area contributed by atoms with Crippen molar-refractivity contribution in [2.75, 3.05) is 17.2 Å². The topological polar surface area (TPSA) is 134 Å². The summed E-state index contributed by atoms with van der Waals surface area (Å²) >= 11 is 9.37. The Morgan fingerprint density at radius 3 is 2.57 bits per heavy atom. The fraction of sp³-hybridized carbons (Fsp3) is 0.0417. The van der Waals surface area contributed by atoms with Crippen molar-refractivity contribution in [3.8, 4) is 11.8 Å². The number of benzene rings is 3. The van der Waals surface area contributed by atoms with Crippen LogP contribution in [0.3, 0.4) is 0 Å². The van der Waals surface area contributed by atoms with Gasteiger partial charge in [0.1, 0.15) is 17.4 Å². The second-order valence-electron chi connectivity index (χ2n) is 6.94. The number of ether oxygens (including phenoxy) is 1. The van der Waals surface area contributed by atoms with Crippen molar-refractivity contribution in [2.45, 2.75) is 0 Å². The van der Waals surface area contributed by atoms with Crippen molar-refractivity contribution in [1.29, 1.82) is 5.26 Å². The van der Waals surface area contributed by atoms with Gasteiger partial charge in [-0.2, -0.15) is 5.26 Å². The molecule has 0 aliphatic heterocycles. The van der Waals surface area contributed by atoms with Crippen LogP contribution >= 0.6 is 27.5 Å². The molecular weight excluding hydrogens is 540 g/mol. The minimum absolute atomic E-state index is 0.186. The smallest absolute Gasteiger partial charge is 0.271 e. The lowest BCUT2D eigenvalue weighted by Gasteiger charge is -2.10. The summed E-state index contributed by atoms with van der Waals surface area (Å²) in [7, 11) is 0. The molecule has 3 rings (SSSR count). The first-order valence-corrected chi connectivity index (χ1v) is 11.1. The molecule has 0 saturated heterocycles. The summed E-state index contributed by atoms with van der Waals surface area (Å²) < 4.78 is 6.03. The number of hydrogen-bond acceptors (Lipinski definition) is 6. The first-order chi connectivity index (χ1) is 16.8. The molecule has 0 fully saturated rings. The van der Waals surface area contributed by atoms with Gasteiger partial charge in [-0.3, -0.25) is 19.7 Å². The van der Waals surface area contributed by atoms with Crippen LogP contribution in [-0.2, 0) is 9.59 Å². The summed E-state index contributed by atoms with van der Waals surface area (Å²) in [5.41, 5.74) is 0.761. The average Bonchev–Trinajstić information content (AvgIpc) is 2.83. The third-order valence-corrected chi connectivity index (χ3v) is 5.40. The molecule has 0 aromatic heterocycles.